The van der Waals surface area contributed by atoms with Gasteiger partial charge >= 0.3 is 0 Å². The first-order valence-corrected chi connectivity index (χ1v) is 8.37. The number of thiazole rings is 1. The van der Waals surface area contributed by atoms with Gasteiger partial charge in [-0.05, 0) is 36.4 Å². The van der Waals surface area contributed by atoms with Gasteiger partial charge in [-0.15, -0.1) is 11.3 Å². The van der Waals surface area contributed by atoms with Crippen molar-refractivity contribution in [2.24, 2.45) is 0 Å². The maximum Gasteiger partial charge on any atom is 0.221 e. The Bertz CT molecular complexity index is 911. The molecule has 0 aliphatic heterocycles. The normalized spacial score (nSPS) is 10.4. The fourth-order valence-corrected chi connectivity index (χ4v) is 3.03. The zero-order chi connectivity index (χ0) is 17.8. The van der Waals surface area contributed by atoms with Crippen LogP contribution in [0.25, 0.3) is 11.3 Å². The minimum Gasteiger partial charge on any atom is -0.494 e. The Morgan fingerprint density at radius 2 is 2.00 bits per heavy atom. The summed E-state index contributed by atoms with van der Waals surface area (Å²) in [5.41, 5.74) is 2.85. The predicted molar refractivity (Wildman–Crippen MR) is 98.1 cm³/mol. The van der Waals surface area contributed by atoms with E-state index in [0.29, 0.717) is 22.1 Å². The number of rotatable bonds is 5. The lowest BCUT2D eigenvalue weighted by Gasteiger charge is -2.06. The average molecular weight is 357 g/mol. The van der Waals surface area contributed by atoms with Crippen LogP contribution in [-0.2, 0) is 4.79 Å². The van der Waals surface area contributed by atoms with Crippen molar-refractivity contribution in [3.05, 3.63) is 53.7 Å². The van der Waals surface area contributed by atoms with E-state index < -0.39 is 5.82 Å². The molecule has 2 N–H and O–H groups in total. The highest BCUT2D eigenvalue weighted by Crippen LogP contribution is 2.30. The second-order valence-electron chi connectivity index (χ2n) is 5.27. The molecule has 25 heavy (non-hydrogen) atoms. The molecule has 0 bridgehead atoms. The Morgan fingerprint density at radius 1 is 1.20 bits per heavy atom. The van der Waals surface area contributed by atoms with Gasteiger partial charge in [0.25, 0.3) is 0 Å². The van der Waals surface area contributed by atoms with Gasteiger partial charge in [-0.25, -0.2) is 9.37 Å². The molecule has 0 aliphatic rings. The highest BCUT2D eigenvalue weighted by Gasteiger charge is 2.09. The number of ether oxygens (including phenoxy) is 1. The maximum atomic E-state index is 13.8. The Labute approximate surface area is 148 Å². The summed E-state index contributed by atoms with van der Waals surface area (Å²) < 4.78 is 18.8. The summed E-state index contributed by atoms with van der Waals surface area (Å²) in [6, 6.07) is 12.1. The Morgan fingerprint density at radius 3 is 2.72 bits per heavy atom. The van der Waals surface area contributed by atoms with Crippen molar-refractivity contribution >= 4 is 33.8 Å². The highest BCUT2D eigenvalue weighted by atomic mass is 32.1. The number of hydrogen-bond acceptors (Lipinski definition) is 5. The van der Waals surface area contributed by atoms with Crippen LogP contribution in [0.5, 0.6) is 5.75 Å². The molecule has 1 heterocycles. The molecule has 7 heteroatoms. The molecule has 5 nitrogen and oxygen atoms in total. The summed E-state index contributed by atoms with van der Waals surface area (Å²) in [4.78, 5) is 15.6. The molecule has 3 rings (SSSR count). The van der Waals surface area contributed by atoms with Gasteiger partial charge in [0.05, 0.1) is 12.8 Å². The van der Waals surface area contributed by atoms with Gasteiger partial charge in [-0.3, -0.25) is 4.79 Å². The molecule has 0 spiro atoms. The number of hydrogen-bond donors (Lipinski definition) is 2. The van der Waals surface area contributed by atoms with E-state index in [1.165, 1.54) is 31.4 Å². The van der Waals surface area contributed by atoms with E-state index in [1.807, 2.05) is 23.6 Å². The topological polar surface area (TPSA) is 63.2 Å². The largest absolute Gasteiger partial charge is 0.494 e. The molecule has 2 aromatic carbocycles. The molecule has 0 saturated heterocycles. The number of halogens is 1. The molecule has 128 valence electrons. The standard InChI is InChI=1S/C18H16FN3O2S/c1-11(23)20-13-4-3-5-14(9-13)21-18-22-16(10-25-18)12-6-7-17(24-2)15(19)8-12/h3-10H,1-2H3,(H,20,23)(H,21,22). The molecule has 1 aromatic heterocycles. The number of methoxy groups -OCH3 is 1. The van der Waals surface area contributed by atoms with Crippen LogP contribution >= 0.6 is 11.3 Å². The van der Waals surface area contributed by atoms with Gasteiger partial charge in [-0.1, -0.05) is 6.07 Å². The number of amides is 1. The summed E-state index contributed by atoms with van der Waals surface area (Å²) >= 11 is 1.41. The summed E-state index contributed by atoms with van der Waals surface area (Å²) in [5, 5.41) is 8.43. The summed E-state index contributed by atoms with van der Waals surface area (Å²) in [6.07, 6.45) is 0. The first-order chi connectivity index (χ1) is 12.0. The van der Waals surface area contributed by atoms with Crippen LogP contribution in [0.15, 0.2) is 47.8 Å². The SMILES string of the molecule is COc1ccc(-c2csc(Nc3cccc(NC(C)=O)c3)n2)cc1F. The molecule has 0 saturated carbocycles. The van der Waals surface area contributed by atoms with E-state index in [-0.39, 0.29) is 11.7 Å². The summed E-state index contributed by atoms with van der Waals surface area (Å²) in [6.45, 7) is 1.46. The number of nitrogens with zero attached hydrogens (tertiary/aromatic N) is 1. The smallest absolute Gasteiger partial charge is 0.221 e. The minimum absolute atomic E-state index is 0.129. The summed E-state index contributed by atoms with van der Waals surface area (Å²) in [7, 11) is 1.43. The zero-order valence-corrected chi connectivity index (χ0v) is 14.5. The lowest BCUT2D eigenvalue weighted by molar-refractivity contribution is -0.114. The summed E-state index contributed by atoms with van der Waals surface area (Å²) in [5.74, 6) is -0.354. The monoisotopic (exact) mass is 357 g/mol. The minimum atomic E-state index is -0.425. The van der Waals surface area contributed by atoms with Crippen molar-refractivity contribution in [2.45, 2.75) is 6.92 Å². The zero-order valence-electron chi connectivity index (χ0n) is 13.7. The Kier molecular flexibility index (Phi) is 4.95. The lowest BCUT2D eigenvalue weighted by atomic mass is 10.1. The maximum absolute atomic E-state index is 13.8. The average Bonchev–Trinajstić information content (AvgIpc) is 3.03. The van der Waals surface area contributed by atoms with Crippen LogP contribution in [0, 0.1) is 5.82 Å². The third-order valence-corrected chi connectivity index (χ3v) is 4.14. The van der Waals surface area contributed by atoms with Gasteiger partial charge < -0.3 is 15.4 Å². The van der Waals surface area contributed by atoms with E-state index in [0.717, 1.165) is 5.69 Å². The predicted octanol–water partition coefficient (Wildman–Crippen LogP) is 4.66. The molecule has 0 radical (unpaired) electrons. The second-order valence-corrected chi connectivity index (χ2v) is 6.13. The van der Waals surface area contributed by atoms with Crippen molar-refractivity contribution in [3.8, 4) is 17.0 Å². The first kappa shape index (κ1) is 16.9. The van der Waals surface area contributed by atoms with E-state index in [1.54, 1.807) is 18.2 Å². The van der Waals surface area contributed by atoms with Gasteiger partial charge in [-0.2, -0.15) is 0 Å². The fourth-order valence-electron chi connectivity index (χ4n) is 2.29. The van der Waals surface area contributed by atoms with Crippen LogP contribution in [-0.4, -0.2) is 18.0 Å². The number of anilines is 3. The third kappa shape index (κ3) is 4.13. The quantitative estimate of drug-likeness (QED) is 0.697. The van der Waals surface area contributed by atoms with E-state index in [4.69, 9.17) is 4.74 Å². The van der Waals surface area contributed by atoms with Gasteiger partial charge in [0.15, 0.2) is 16.7 Å². The van der Waals surface area contributed by atoms with Gasteiger partial charge in [0.2, 0.25) is 5.91 Å². The third-order valence-electron chi connectivity index (χ3n) is 3.39. The van der Waals surface area contributed by atoms with Crippen molar-refractivity contribution < 1.29 is 13.9 Å². The molecule has 1 amide bonds. The lowest BCUT2D eigenvalue weighted by Crippen LogP contribution is -2.05. The van der Waals surface area contributed by atoms with E-state index >= 15 is 0 Å². The number of benzene rings is 2. The van der Waals surface area contributed by atoms with Gasteiger partial charge in [0, 0.05) is 29.2 Å². The molecule has 0 aliphatic carbocycles. The molecule has 0 atom stereocenters. The van der Waals surface area contributed by atoms with E-state index in [9.17, 15) is 9.18 Å². The molecule has 0 fully saturated rings. The number of carbonyl (C=O) groups is 1. The van der Waals surface area contributed by atoms with Crippen LogP contribution in [0.2, 0.25) is 0 Å². The number of carbonyl (C=O) groups excluding carboxylic acids is 1. The Hall–Kier alpha value is -2.93. The Balaban J connectivity index is 1.78. The van der Waals surface area contributed by atoms with Crippen molar-refractivity contribution in [1.82, 2.24) is 4.98 Å². The van der Waals surface area contributed by atoms with E-state index in [2.05, 4.69) is 15.6 Å². The number of aromatic nitrogens is 1. The van der Waals surface area contributed by atoms with Crippen molar-refractivity contribution in [2.75, 3.05) is 17.7 Å². The second kappa shape index (κ2) is 7.31. The first-order valence-electron chi connectivity index (χ1n) is 7.49. The van der Waals surface area contributed by atoms with Crippen molar-refractivity contribution in [3.63, 3.8) is 0 Å². The highest BCUT2D eigenvalue weighted by molar-refractivity contribution is 7.14. The molecule has 0 unspecified atom stereocenters. The molecular weight excluding hydrogens is 341 g/mol. The molecule has 3 aromatic rings. The van der Waals surface area contributed by atoms with Crippen LogP contribution in [0.1, 0.15) is 6.92 Å². The van der Waals surface area contributed by atoms with Crippen LogP contribution in [0.4, 0.5) is 20.9 Å². The fraction of sp³-hybridized carbons (Fsp3) is 0.111. The van der Waals surface area contributed by atoms with Crippen molar-refractivity contribution in [1.29, 1.82) is 0 Å². The number of nitrogens with one attached hydrogen (secondary N) is 2. The molecular formula is C18H16FN3O2S. The van der Waals surface area contributed by atoms with Gasteiger partial charge in [0.1, 0.15) is 0 Å². The van der Waals surface area contributed by atoms with Crippen LogP contribution in [0.3, 0.4) is 0 Å². The van der Waals surface area contributed by atoms with Crippen LogP contribution < -0.4 is 15.4 Å².